The molecule has 2 N–H and O–H groups in total. The van der Waals surface area contributed by atoms with Crippen LogP contribution in [0.1, 0.15) is 11.3 Å². The molecule has 1 aromatic carbocycles. The molecule has 2 aromatic rings. The van der Waals surface area contributed by atoms with Crippen molar-refractivity contribution in [2.45, 2.75) is 13.3 Å². The van der Waals surface area contributed by atoms with Gasteiger partial charge in [-0.3, -0.25) is 10.1 Å². The number of carbonyl (C=O) groups excluding carboxylic acids is 2. The van der Waals surface area contributed by atoms with E-state index in [2.05, 4.69) is 15.6 Å². The fourth-order valence-corrected chi connectivity index (χ4v) is 3.21. The van der Waals surface area contributed by atoms with Crippen LogP contribution in [0.2, 0.25) is 0 Å². The van der Waals surface area contributed by atoms with Crippen molar-refractivity contribution in [1.29, 1.82) is 0 Å². The lowest BCUT2D eigenvalue weighted by molar-refractivity contribution is -0.134. The Kier molecular flexibility index (Phi) is 5.62. The Balaban J connectivity index is 1.52. The lowest BCUT2D eigenvalue weighted by Gasteiger charge is -2.26. The van der Waals surface area contributed by atoms with Gasteiger partial charge in [-0.1, -0.05) is 12.1 Å². The smallest absolute Gasteiger partial charge is 0.325 e. The molecule has 132 valence electrons. The number of nitrogens with zero attached hydrogens (tertiary/aromatic N) is 2. The van der Waals surface area contributed by atoms with Crippen molar-refractivity contribution in [3.05, 3.63) is 40.9 Å². The molecule has 0 bridgehead atoms. The number of carbonyl (C=O) groups is 2. The molecule has 1 aliphatic rings. The van der Waals surface area contributed by atoms with Crippen LogP contribution in [0.25, 0.3) is 0 Å². The number of thiazole rings is 1. The highest BCUT2D eigenvalue weighted by Crippen LogP contribution is 2.17. The maximum atomic E-state index is 12.2. The fraction of sp³-hybridized carbons (Fsp3) is 0.353. The third-order valence-corrected chi connectivity index (χ3v) is 4.55. The maximum absolute atomic E-state index is 12.2. The van der Waals surface area contributed by atoms with Crippen molar-refractivity contribution in [1.82, 2.24) is 9.88 Å². The number of rotatable bonds is 4. The molecule has 25 heavy (non-hydrogen) atoms. The van der Waals surface area contributed by atoms with E-state index in [1.54, 1.807) is 10.3 Å². The van der Waals surface area contributed by atoms with Gasteiger partial charge in [0.15, 0.2) is 5.13 Å². The van der Waals surface area contributed by atoms with Crippen molar-refractivity contribution in [3.8, 4) is 0 Å². The second-order valence-electron chi connectivity index (χ2n) is 5.76. The first-order valence-electron chi connectivity index (χ1n) is 8.05. The Labute approximate surface area is 150 Å². The zero-order valence-electron chi connectivity index (χ0n) is 13.9. The molecule has 1 aliphatic heterocycles. The standard InChI is InChI=1S/C17H20N4O3S/c1-12-3-2-4-13(9-12)18-16(23)20-17-19-14(11-25-17)10-15(22)21-5-7-24-8-6-21/h2-4,9,11H,5-8,10H2,1H3,(H2,18,19,20,23). The third-order valence-electron chi connectivity index (χ3n) is 3.74. The molecule has 1 aromatic heterocycles. The zero-order chi connectivity index (χ0) is 17.6. The van der Waals surface area contributed by atoms with E-state index in [-0.39, 0.29) is 18.4 Å². The van der Waals surface area contributed by atoms with Crippen LogP contribution in [0, 0.1) is 6.92 Å². The van der Waals surface area contributed by atoms with Crippen LogP contribution in [-0.4, -0.2) is 48.1 Å². The van der Waals surface area contributed by atoms with E-state index in [0.717, 1.165) is 11.3 Å². The minimum Gasteiger partial charge on any atom is -0.378 e. The summed E-state index contributed by atoms with van der Waals surface area (Å²) in [6.07, 6.45) is 0.234. The Hall–Kier alpha value is -2.45. The summed E-state index contributed by atoms with van der Waals surface area (Å²) < 4.78 is 5.24. The number of amides is 3. The first kappa shape index (κ1) is 17.4. The zero-order valence-corrected chi connectivity index (χ0v) is 14.8. The molecule has 0 unspecified atom stereocenters. The van der Waals surface area contributed by atoms with Gasteiger partial charge < -0.3 is 15.0 Å². The predicted molar refractivity (Wildman–Crippen MR) is 97.0 cm³/mol. The number of ether oxygens (including phenoxy) is 1. The lowest BCUT2D eigenvalue weighted by Crippen LogP contribution is -2.41. The van der Waals surface area contributed by atoms with E-state index in [1.807, 2.05) is 31.2 Å². The van der Waals surface area contributed by atoms with Crippen molar-refractivity contribution >= 4 is 34.1 Å². The Morgan fingerprint density at radius 2 is 2.08 bits per heavy atom. The highest BCUT2D eigenvalue weighted by Gasteiger charge is 2.18. The summed E-state index contributed by atoms with van der Waals surface area (Å²) in [5.41, 5.74) is 2.44. The molecule has 3 rings (SSSR count). The van der Waals surface area contributed by atoms with E-state index in [0.29, 0.717) is 37.1 Å². The number of urea groups is 1. The number of hydrogen-bond acceptors (Lipinski definition) is 5. The van der Waals surface area contributed by atoms with Crippen LogP contribution in [-0.2, 0) is 16.0 Å². The summed E-state index contributed by atoms with van der Waals surface area (Å²) in [6, 6.07) is 7.19. The predicted octanol–water partition coefficient (Wildman–Crippen LogP) is 2.50. The number of anilines is 2. The second kappa shape index (κ2) is 8.09. The van der Waals surface area contributed by atoms with Crippen LogP contribution in [0.3, 0.4) is 0 Å². The van der Waals surface area contributed by atoms with E-state index in [4.69, 9.17) is 4.74 Å². The van der Waals surface area contributed by atoms with Gasteiger partial charge in [-0.25, -0.2) is 9.78 Å². The molecule has 0 aliphatic carbocycles. The summed E-state index contributed by atoms with van der Waals surface area (Å²) in [7, 11) is 0. The minimum absolute atomic E-state index is 0.0318. The Bertz CT molecular complexity index is 756. The van der Waals surface area contributed by atoms with Crippen molar-refractivity contribution in [2.24, 2.45) is 0 Å². The summed E-state index contributed by atoms with van der Waals surface area (Å²) in [5, 5.41) is 7.72. The van der Waals surface area contributed by atoms with Crippen LogP contribution >= 0.6 is 11.3 Å². The van der Waals surface area contributed by atoms with Crippen molar-refractivity contribution < 1.29 is 14.3 Å². The number of benzene rings is 1. The van der Waals surface area contributed by atoms with E-state index in [1.165, 1.54) is 11.3 Å². The summed E-state index contributed by atoms with van der Waals surface area (Å²) in [5.74, 6) is 0.0318. The van der Waals surface area contributed by atoms with Gasteiger partial charge in [0.05, 0.1) is 25.3 Å². The topological polar surface area (TPSA) is 83.6 Å². The molecule has 0 atom stereocenters. The van der Waals surface area contributed by atoms with Crippen molar-refractivity contribution in [3.63, 3.8) is 0 Å². The average Bonchev–Trinajstić information content (AvgIpc) is 3.02. The van der Waals surface area contributed by atoms with Gasteiger partial charge >= 0.3 is 6.03 Å². The number of aromatic nitrogens is 1. The summed E-state index contributed by atoms with van der Waals surface area (Å²) in [4.78, 5) is 30.3. The van der Waals surface area contributed by atoms with Crippen LogP contribution < -0.4 is 10.6 Å². The number of morpholine rings is 1. The molecule has 1 fully saturated rings. The van der Waals surface area contributed by atoms with Crippen LogP contribution in [0.4, 0.5) is 15.6 Å². The highest BCUT2D eigenvalue weighted by molar-refractivity contribution is 7.14. The van der Waals surface area contributed by atoms with E-state index >= 15 is 0 Å². The largest absolute Gasteiger partial charge is 0.378 e. The first-order chi connectivity index (χ1) is 12.1. The molecule has 0 radical (unpaired) electrons. The molecule has 0 saturated carbocycles. The first-order valence-corrected chi connectivity index (χ1v) is 8.93. The molecular formula is C17H20N4O3S. The van der Waals surface area contributed by atoms with Gasteiger partial charge in [-0.15, -0.1) is 11.3 Å². The molecule has 1 saturated heterocycles. The SMILES string of the molecule is Cc1cccc(NC(=O)Nc2nc(CC(=O)N3CCOCC3)cs2)c1. The third kappa shape index (κ3) is 5.01. The Morgan fingerprint density at radius 3 is 2.84 bits per heavy atom. The van der Waals surface area contributed by atoms with E-state index < -0.39 is 0 Å². The molecule has 0 spiro atoms. The number of hydrogen-bond donors (Lipinski definition) is 2. The maximum Gasteiger partial charge on any atom is 0.325 e. The molecule has 2 heterocycles. The van der Waals surface area contributed by atoms with Crippen LogP contribution in [0.15, 0.2) is 29.6 Å². The monoisotopic (exact) mass is 360 g/mol. The fourth-order valence-electron chi connectivity index (χ4n) is 2.51. The Morgan fingerprint density at radius 1 is 1.28 bits per heavy atom. The minimum atomic E-state index is -0.356. The number of aryl methyl sites for hydroxylation is 1. The number of nitrogens with one attached hydrogen (secondary N) is 2. The molecule has 8 heteroatoms. The summed E-state index contributed by atoms with van der Waals surface area (Å²) >= 11 is 1.30. The van der Waals surface area contributed by atoms with Gasteiger partial charge in [0.1, 0.15) is 0 Å². The van der Waals surface area contributed by atoms with Gasteiger partial charge in [0, 0.05) is 24.2 Å². The van der Waals surface area contributed by atoms with Gasteiger partial charge in [0.25, 0.3) is 0 Å². The average molecular weight is 360 g/mol. The van der Waals surface area contributed by atoms with E-state index in [9.17, 15) is 9.59 Å². The highest BCUT2D eigenvalue weighted by atomic mass is 32.1. The van der Waals surface area contributed by atoms with Crippen LogP contribution in [0.5, 0.6) is 0 Å². The molecule has 3 amide bonds. The lowest BCUT2D eigenvalue weighted by atomic mass is 10.2. The van der Waals surface area contributed by atoms with Gasteiger partial charge in [-0.2, -0.15) is 0 Å². The summed E-state index contributed by atoms with van der Waals surface area (Å²) in [6.45, 7) is 4.35. The quantitative estimate of drug-likeness (QED) is 0.877. The molecular weight excluding hydrogens is 340 g/mol. The van der Waals surface area contributed by atoms with Gasteiger partial charge in [-0.05, 0) is 24.6 Å². The molecule has 7 nitrogen and oxygen atoms in total. The van der Waals surface area contributed by atoms with Gasteiger partial charge in [0.2, 0.25) is 5.91 Å². The van der Waals surface area contributed by atoms with Crippen molar-refractivity contribution in [2.75, 3.05) is 36.9 Å². The second-order valence-corrected chi connectivity index (χ2v) is 6.62. The normalized spacial score (nSPS) is 14.2.